The Morgan fingerprint density at radius 1 is 1.42 bits per heavy atom. The number of benzene rings is 1. The topological polar surface area (TPSA) is 55.2 Å². The number of rotatable bonds is 4. The van der Waals surface area contributed by atoms with Crippen molar-refractivity contribution < 1.29 is 4.92 Å². The molecule has 1 saturated carbocycles. The van der Waals surface area contributed by atoms with Crippen molar-refractivity contribution >= 4 is 11.4 Å². The summed E-state index contributed by atoms with van der Waals surface area (Å²) in [6, 6.07) is 5.85. The lowest BCUT2D eigenvalue weighted by atomic mass is 9.93. The van der Waals surface area contributed by atoms with Crippen LogP contribution in [0.1, 0.15) is 38.7 Å². The molecule has 3 atom stereocenters. The van der Waals surface area contributed by atoms with Gasteiger partial charge in [-0.3, -0.25) is 10.1 Å². The van der Waals surface area contributed by atoms with E-state index < -0.39 is 0 Å². The Labute approximate surface area is 114 Å². The summed E-state index contributed by atoms with van der Waals surface area (Å²) < 4.78 is 0. The molecule has 0 radical (unpaired) electrons. The van der Waals surface area contributed by atoms with Gasteiger partial charge in [-0.2, -0.15) is 0 Å². The summed E-state index contributed by atoms with van der Waals surface area (Å²) in [6.45, 7) is 6.29. The molecule has 1 aromatic carbocycles. The lowest BCUT2D eigenvalue weighted by Crippen LogP contribution is -2.24. The van der Waals surface area contributed by atoms with Crippen molar-refractivity contribution in [2.45, 2.75) is 46.1 Å². The number of nitrogens with one attached hydrogen (secondary N) is 1. The Bertz CT molecular complexity index is 473. The smallest absolute Gasteiger partial charge is 0.274 e. The summed E-state index contributed by atoms with van der Waals surface area (Å²) in [5.74, 6) is 1.41. The monoisotopic (exact) mass is 262 g/mol. The van der Waals surface area contributed by atoms with Gasteiger partial charge < -0.3 is 5.32 Å². The van der Waals surface area contributed by atoms with E-state index in [-0.39, 0.29) is 10.6 Å². The standard InChI is InChI=1S/C15H22N2O2/c1-4-12-6-8-14(11(12)3)16-13-7-5-10(2)15(9-13)17(18)19/h5,7,9,11-12,14,16H,4,6,8H2,1-3H3. The Morgan fingerprint density at radius 3 is 2.74 bits per heavy atom. The summed E-state index contributed by atoms with van der Waals surface area (Å²) >= 11 is 0. The molecular weight excluding hydrogens is 240 g/mol. The van der Waals surface area contributed by atoms with Crippen LogP contribution in [0.25, 0.3) is 0 Å². The van der Waals surface area contributed by atoms with E-state index >= 15 is 0 Å². The third kappa shape index (κ3) is 2.88. The number of nitro benzene ring substituents is 1. The minimum atomic E-state index is -0.312. The highest BCUT2D eigenvalue weighted by Crippen LogP contribution is 2.36. The second-order valence-corrected chi connectivity index (χ2v) is 5.61. The maximum Gasteiger partial charge on any atom is 0.274 e. The van der Waals surface area contributed by atoms with E-state index in [0.29, 0.717) is 17.5 Å². The van der Waals surface area contributed by atoms with Crippen LogP contribution in [-0.2, 0) is 0 Å². The molecule has 0 spiro atoms. The average molecular weight is 262 g/mol. The maximum atomic E-state index is 11.0. The molecule has 1 aliphatic carbocycles. The van der Waals surface area contributed by atoms with Gasteiger partial charge in [-0.1, -0.05) is 26.3 Å². The summed E-state index contributed by atoms with van der Waals surface area (Å²) in [5.41, 5.74) is 1.77. The molecule has 0 aromatic heterocycles. The molecule has 1 N–H and O–H groups in total. The van der Waals surface area contributed by atoms with E-state index in [0.717, 1.165) is 18.0 Å². The van der Waals surface area contributed by atoms with E-state index in [9.17, 15) is 10.1 Å². The van der Waals surface area contributed by atoms with Crippen LogP contribution in [0.2, 0.25) is 0 Å². The normalized spacial score (nSPS) is 26.4. The quantitative estimate of drug-likeness (QED) is 0.655. The van der Waals surface area contributed by atoms with E-state index in [2.05, 4.69) is 19.2 Å². The SMILES string of the molecule is CCC1CCC(Nc2ccc(C)c([N+](=O)[O-])c2)C1C. The molecule has 0 amide bonds. The van der Waals surface area contributed by atoms with Gasteiger partial charge in [-0.05, 0) is 37.7 Å². The Kier molecular flexibility index (Phi) is 4.08. The predicted molar refractivity (Wildman–Crippen MR) is 77.4 cm³/mol. The molecule has 2 rings (SSSR count). The minimum Gasteiger partial charge on any atom is -0.382 e. The molecule has 1 aromatic rings. The van der Waals surface area contributed by atoms with Crippen LogP contribution in [0.15, 0.2) is 18.2 Å². The highest BCUT2D eigenvalue weighted by molar-refractivity contribution is 5.55. The van der Waals surface area contributed by atoms with Crippen molar-refractivity contribution in [3.8, 4) is 0 Å². The van der Waals surface area contributed by atoms with Gasteiger partial charge in [0.2, 0.25) is 0 Å². The highest BCUT2D eigenvalue weighted by Gasteiger charge is 2.31. The molecule has 0 heterocycles. The Hall–Kier alpha value is -1.58. The zero-order chi connectivity index (χ0) is 14.0. The lowest BCUT2D eigenvalue weighted by molar-refractivity contribution is -0.385. The van der Waals surface area contributed by atoms with Crippen molar-refractivity contribution in [2.75, 3.05) is 5.32 Å². The first kappa shape index (κ1) is 13.8. The second-order valence-electron chi connectivity index (χ2n) is 5.61. The summed E-state index contributed by atoms with van der Waals surface area (Å²) in [7, 11) is 0. The van der Waals surface area contributed by atoms with Crippen LogP contribution in [0.4, 0.5) is 11.4 Å². The van der Waals surface area contributed by atoms with E-state index in [1.54, 1.807) is 13.0 Å². The van der Waals surface area contributed by atoms with Gasteiger partial charge in [-0.25, -0.2) is 0 Å². The van der Waals surface area contributed by atoms with Crippen LogP contribution in [0.5, 0.6) is 0 Å². The number of nitro groups is 1. The number of nitrogens with zero attached hydrogens (tertiary/aromatic N) is 1. The fourth-order valence-corrected chi connectivity index (χ4v) is 3.14. The van der Waals surface area contributed by atoms with Gasteiger partial charge in [0.05, 0.1) is 4.92 Å². The second kappa shape index (κ2) is 5.59. The molecule has 0 aliphatic heterocycles. The third-order valence-electron chi connectivity index (χ3n) is 4.51. The van der Waals surface area contributed by atoms with Crippen molar-refractivity contribution in [3.63, 3.8) is 0 Å². The number of aryl methyl sites for hydroxylation is 1. The summed E-state index contributed by atoms with van der Waals surface area (Å²) in [4.78, 5) is 10.6. The predicted octanol–water partition coefficient (Wildman–Crippen LogP) is 4.14. The molecule has 19 heavy (non-hydrogen) atoms. The van der Waals surface area contributed by atoms with Crippen molar-refractivity contribution in [1.29, 1.82) is 0 Å². The van der Waals surface area contributed by atoms with Gasteiger partial charge in [0.15, 0.2) is 0 Å². The van der Waals surface area contributed by atoms with Gasteiger partial charge in [0.1, 0.15) is 0 Å². The zero-order valence-electron chi connectivity index (χ0n) is 11.8. The molecule has 1 fully saturated rings. The maximum absolute atomic E-state index is 11.0. The first-order valence-electron chi connectivity index (χ1n) is 7.04. The lowest BCUT2D eigenvalue weighted by Gasteiger charge is -2.22. The summed E-state index contributed by atoms with van der Waals surface area (Å²) in [6.07, 6.45) is 3.62. The number of hydrogen-bond acceptors (Lipinski definition) is 3. The molecule has 4 nitrogen and oxygen atoms in total. The van der Waals surface area contributed by atoms with Gasteiger partial charge in [0, 0.05) is 23.4 Å². The van der Waals surface area contributed by atoms with Crippen LogP contribution >= 0.6 is 0 Å². The average Bonchev–Trinajstić information content (AvgIpc) is 2.72. The number of anilines is 1. The van der Waals surface area contributed by atoms with Crippen molar-refractivity contribution in [2.24, 2.45) is 11.8 Å². The molecule has 3 unspecified atom stereocenters. The largest absolute Gasteiger partial charge is 0.382 e. The van der Waals surface area contributed by atoms with E-state index in [1.807, 2.05) is 12.1 Å². The fourth-order valence-electron chi connectivity index (χ4n) is 3.14. The van der Waals surface area contributed by atoms with Gasteiger partial charge >= 0.3 is 0 Å². The minimum absolute atomic E-state index is 0.197. The Balaban J connectivity index is 2.12. The van der Waals surface area contributed by atoms with Crippen LogP contribution in [-0.4, -0.2) is 11.0 Å². The molecule has 4 heteroatoms. The fraction of sp³-hybridized carbons (Fsp3) is 0.600. The van der Waals surface area contributed by atoms with Crippen molar-refractivity contribution in [1.82, 2.24) is 0 Å². The molecule has 1 aliphatic rings. The number of hydrogen-bond donors (Lipinski definition) is 1. The molecule has 0 saturated heterocycles. The Morgan fingerprint density at radius 2 is 2.16 bits per heavy atom. The van der Waals surface area contributed by atoms with E-state index in [1.165, 1.54) is 12.8 Å². The molecule has 104 valence electrons. The first-order chi connectivity index (χ1) is 9.02. The van der Waals surface area contributed by atoms with Gasteiger partial charge in [0.25, 0.3) is 5.69 Å². The van der Waals surface area contributed by atoms with E-state index in [4.69, 9.17) is 0 Å². The zero-order valence-corrected chi connectivity index (χ0v) is 11.8. The van der Waals surface area contributed by atoms with Crippen LogP contribution < -0.4 is 5.32 Å². The third-order valence-corrected chi connectivity index (χ3v) is 4.51. The van der Waals surface area contributed by atoms with Crippen LogP contribution in [0.3, 0.4) is 0 Å². The van der Waals surface area contributed by atoms with Gasteiger partial charge in [-0.15, -0.1) is 0 Å². The molecular formula is C15H22N2O2. The molecule has 0 bridgehead atoms. The van der Waals surface area contributed by atoms with Crippen LogP contribution in [0, 0.1) is 28.9 Å². The first-order valence-corrected chi connectivity index (χ1v) is 7.04. The van der Waals surface area contributed by atoms with Crippen molar-refractivity contribution in [3.05, 3.63) is 33.9 Å². The highest BCUT2D eigenvalue weighted by atomic mass is 16.6. The summed E-state index contributed by atoms with van der Waals surface area (Å²) in [5, 5.41) is 14.4.